The van der Waals surface area contributed by atoms with E-state index in [0.29, 0.717) is 11.8 Å². The number of piperidine rings is 1. The fourth-order valence-corrected chi connectivity index (χ4v) is 4.95. The van der Waals surface area contributed by atoms with Crippen molar-refractivity contribution in [3.05, 3.63) is 11.6 Å². The zero-order valence-electron chi connectivity index (χ0n) is 16.2. The lowest BCUT2D eigenvalue weighted by atomic mass is 9.95. The van der Waals surface area contributed by atoms with Gasteiger partial charge in [0, 0.05) is 51.5 Å². The lowest BCUT2D eigenvalue weighted by Crippen LogP contribution is -2.40. The van der Waals surface area contributed by atoms with Crippen molar-refractivity contribution in [2.24, 2.45) is 5.92 Å². The second kappa shape index (κ2) is 8.07. The van der Waals surface area contributed by atoms with Crippen molar-refractivity contribution in [1.82, 2.24) is 24.6 Å². The standard InChI is InChI=1S/C20H33N5O/c1-23-12-10-18-21-22-20(25(18)14-13-23)17-7-4-11-24(15-17)19(26)9-8-16-5-2-3-6-16/h16-17H,2-15H2,1H3/t17-/m1/s1. The summed E-state index contributed by atoms with van der Waals surface area (Å²) in [7, 11) is 2.17. The fraction of sp³-hybridized carbons (Fsp3) is 0.850. The first-order valence-corrected chi connectivity index (χ1v) is 10.6. The van der Waals surface area contributed by atoms with Crippen LogP contribution in [0, 0.1) is 5.92 Å². The molecule has 0 radical (unpaired) electrons. The Morgan fingerprint density at radius 2 is 1.88 bits per heavy atom. The maximum atomic E-state index is 12.7. The molecule has 144 valence electrons. The predicted molar refractivity (Wildman–Crippen MR) is 101 cm³/mol. The van der Waals surface area contributed by atoms with Crippen LogP contribution in [0.5, 0.6) is 0 Å². The van der Waals surface area contributed by atoms with E-state index in [2.05, 4.69) is 31.6 Å². The SMILES string of the molecule is CN1CCc2nnc([C@@H]3CCCN(C(=O)CCC4CCCC4)C3)n2CC1. The van der Waals surface area contributed by atoms with E-state index < -0.39 is 0 Å². The third-order valence-corrected chi connectivity index (χ3v) is 6.66. The van der Waals surface area contributed by atoms with E-state index in [1.807, 2.05) is 0 Å². The van der Waals surface area contributed by atoms with Crippen LogP contribution < -0.4 is 0 Å². The van der Waals surface area contributed by atoms with Crippen molar-refractivity contribution >= 4 is 5.91 Å². The number of hydrogen-bond acceptors (Lipinski definition) is 4. The quantitative estimate of drug-likeness (QED) is 0.829. The molecule has 1 atom stereocenters. The topological polar surface area (TPSA) is 54.3 Å². The molecule has 2 aliphatic heterocycles. The van der Waals surface area contributed by atoms with Crippen molar-refractivity contribution in [2.75, 3.05) is 33.2 Å². The van der Waals surface area contributed by atoms with Crippen molar-refractivity contribution in [1.29, 1.82) is 0 Å². The summed E-state index contributed by atoms with van der Waals surface area (Å²) < 4.78 is 2.33. The highest BCUT2D eigenvalue weighted by Crippen LogP contribution is 2.30. The highest BCUT2D eigenvalue weighted by molar-refractivity contribution is 5.76. The number of amides is 1. The number of hydrogen-bond donors (Lipinski definition) is 0. The molecule has 6 nitrogen and oxygen atoms in total. The van der Waals surface area contributed by atoms with Crippen LogP contribution in [0.3, 0.4) is 0 Å². The molecule has 0 spiro atoms. The number of aromatic nitrogens is 3. The molecule has 3 heterocycles. The van der Waals surface area contributed by atoms with E-state index >= 15 is 0 Å². The molecule has 1 saturated carbocycles. The number of carbonyl (C=O) groups excluding carboxylic acids is 1. The number of fused-ring (bicyclic) bond motifs is 1. The first-order valence-electron chi connectivity index (χ1n) is 10.6. The minimum Gasteiger partial charge on any atom is -0.342 e. The van der Waals surface area contributed by atoms with Gasteiger partial charge in [-0.15, -0.1) is 10.2 Å². The van der Waals surface area contributed by atoms with Crippen molar-refractivity contribution in [3.63, 3.8) is 0 Å². The van der Waals surface area contributed by atoms with Gasteiger partial charge in [-0.25, -0.2) is 0 Å². The summed E-state index contributed by atoms with van der Waals surface area (Å²) in [6, 6.07) is 0. The first kappa shape index (κ1) is 18.0. The summed E-state index contributed by atoms with van der Waals surface area (Å²) in [6.45, 7) is 4.82. The van der Waals surface area contributed by atoms with Crippen molar-refractivity contribution in [3.8, 4) is 0 Å². The third-order valence-electron chi connectivity index (χ3n) is 6.66. The van der Waals surface area contributed by atoms with Crippen LogP contribution in [0.4, 0.5) is 0 Å². The van der Waals surface area contributed by atoms with Gasteiger partial charge in [-0.3, -0.25) is 4.79 Å². The predicted octanol–water partition coefficient (Wildman–Crippen LogP) is 2.44. The molecule has 0 aromatic carbocycles. The Balaban J connectivity index is 1.38. The monoisotopic (exact) mass is 359 g/mol. The molecule has 0 N–H and O–H groups in total. The van der Waals surface area contributed by atoms with Crippen LogP contribution >= 0.6 is 0 Å². The van der Waals surface area contributed by atoms with Gasteiger partial charge in [0.1, 0.15) is 11.6 Å². The third kappa shape index (κ3) is 3.95. The van der Waals surface area contributed by atoms with Crippen LogP contribution in [0.25, 0.3) is 0 Å². The normalized spacial score (nSPS) is 25.3. The maximum Gasteiger partial charge on any atom is 0.222 e. The van der Waals surface area contributed by atoms with E-state index in [1.54, 1.807) is 0 Å². The Bertz CT molecular complexity index is 622. The Morgan fingerprint density at radius 1 is 1.04 bits per heavy atom. The average Bonchev–Trinajstić information content (AvgIpc) is 3.29. The van der Waals surface area contributed by atoms with Gasteiger partial charge < -0.3 is 14.4 Å². The van der Waals surface area contributed by atoms with Crippen molar-refractivity contribution < 1.29 is 4.79 Å². The molecule has 4 rings (SSSR count). The van der Waals surface area contributed by atoms with Gasteiger partial charge in [-0.1, -0.05) is 25.7 Å². The lowest BCUT2D eigenvalue weighted by molar-refractivity contribution is -0.132. The van der Waals surface area contributed by atoms with Gasteiger partial charge in [-0.2, -0.15) is 0 Å². The molecule has 2 fully saturated rings. The van der Waals surface area contributed by atoms with Gasteiger partial charge >= 0.3 is 0 Å². The van der Waals surface area contributed by atoms with E-state index in [1.165, 1.54) is 25.7 Å². The first-order chi connectivity index (χ1) is 12.7. The largest absolute Gasteiger partial charge is 0.342 e. The van der Waals surface area contributed by atoms with Gasteiger partial charge in [0.25, 0.3) is 0 Å². The van der Waals surface area contributed by atoms with Gasteiger partial charge in [0.15, 0.2) is 0 Å². The summed E-state index contributed by atoms with van der Waals surface area (Å²) in [5, 5.41) is 9.02. The molecule has 1 saturated heterocycles. The van der Waals surface area contributed by atoms with Gasteiger partial charge in [0.05, 0.1) is 0 Å². The highest BCUT2D eigenvalue weighted by atomic mass is 16.2. The molecule has 1 aromatic rings. The zero-order valence-corrected chi connectivity index (χ0v) is 16.2. The average molecular weight is 360 g/mol. The maximum absolute atomic E-state index is 12.7. The molecule has 1 amide bonds. The molecule has 0 bridgehead atoms. The summed E-state index contributed by atoms with van der Waals surface area (Å²) in [6.07, 6.45) is 10.4. The molecule has 1 aromatic heterocycles. The van der Waals surface area contributed by atoms with E-state index in [0.717, 1.165) is 82.4 Å². The van der Waals surface area contributed by atoms with Gasteiger partial charge in [0.2, 0.25) is 5.91 Å². The van der Waals surface area contributed by atoms with E-state index in [-0.39, 0.29) is 0 Å². The molecular weight excluding hydrogens is 326 g/mol. The van der Waals surface area contributed by atoms with Crippen LogP contribution in [0.2, 0.25) is 0 Å². The number of nitrogens with zero attached hydrogens (tertiary/aromatic N) is 5. The number of likely N-dealkylation sites (N-methyl/N-ethyl adjacent to an activating group) is 1. The van der Waals surface area contributed by atoms with Crippen LogP contribution in [0.1, 0.15) is 68.9 Å². The molecule has 26 heavy (non-hydrogen) atoms. The smallest absolute Gasteiger partial charge is 0.222 e. The highest BCUT2D eigenvalue weighted by Gasteiger charge is 2.30. The molecular formula is C20H33N5O. The Kier molecular flexibility index (Phi) is 5.57. The Labute approximate surface area is 156 Å². The van der Waals surface area contributed by atoms with Crippen LogP contribution in [-0.2, 0) is 17.8 Å². The minimum atomic E-state index is 0.351. The van der Waals surface area contributed by atoms with Gasteiger partial charge in [-0.05, 0) is 32.2 Å². The molecule has 0 unspecified atom stereocenters. The summed E-state index contributed by atoms with van der Waals surface area (Å²) in [5.74, 6) is 3.74. The number of carbonyl (C=O) groups is 1. The van der Waals surface area contributed by atoms with Crippen molar-refractivity contribution in [2.45, 2.75) is 70.3 Å². The summed E-state index contributed by atoms with van der Waals surface area (Å²) in [4.78, 5) is 17.2. The summed E-state index contributed by atoms with van der Waals surface area (Å²) >= 11 is 0. The number of rotatable bonds is 4. The molecule has 6 heteroatoms. The van der Waals surface area contributed by atoms with E-state index in [9.17, 15) is 4.79 Å². The van der Waals surface area contributed by atoms with Crippen LogP contribution in [-0.4, -0.2) is 63.7 Å². The second-order valence-corrected chi connectivity index (χ2v) is 8.55. The zero-order chi connectivity index (χ0) is 17.9. The number of likely N-dealkylation sites (tertiary alicyclic amines) is 1. The second-order valence-electron chi connectivity index (χ2n) is 8.55. The molecule has 3 aliphatic rings. The molecule has 1 aliphatic carbocycles. The summed E-state index contributed by atoms with van der Waals surface area (Å²) in [5.41, 5.74) is 0. The fourth-order valence-electron chi connectivity index (χ4n) is 4.95. The van der Waals surface area contributed by atoms with E-state index in [4.69, 9.17) is 0 Å². The Hall–Kier alpha value is -1.43. The Morgan fingerprint density at radius 3 is 2.73 bits per heavy atom. The lowest BCUT2D eigenvalue weighted by Gasteiger charge is -2.33. The van der Waals surface area contributed by atoms with Crippen LogP contribution in [0.15, 0.2) is 0 Å². The minimum absolute atomic E-state index is 0.351.